The van der Waals surface area contributed by atoms with Crippen LogP contribution < -0.4 is 4.74 Å². The lowest BCUT2D eigenvalue weighted by atomic mass is 10.1. The minimum absolute atomic E-state index is 0.0694. The lowest BCUT2D eigenvalue weighted by Crippen LogP contribution is -2.45. The lowest BCUT2D eigenvalue weighted by molar-refractivity contribution is -0.133. The number of halogens is 1. The lowest BCUT2D eigenvalue weighted by Gasteiger charge is -2.29. The summed E-state index contributed by atoms with van der Waals surface area (Å²) < 4.78 is 25.0. The number of amides is 2. The first-order valence-electron chi connectivity index (χ1n) is 13.2. The van der Waals surface area contributed by atoms with Crippen molar-refractivity contribution in [3.8, 4) is 5.75 Å². The molecular formula is C30H35FN2O4S. The Bertz CT molecular complexity index is 1150. The maximum atomic E-state index is 13.7. The van der Waals surface area contributed by atoms with Crippen LogP contribution in [0.3, 0.4) is 0 Å². The summed E-state index contributed by atoms with van der Waals surface area (Å²) in [7, 11) is 0. The van der Waals surface area contributed by atoms with Crippen LogP contribution >= 0.6 is 11.3 Å². The van der Waals surface area contributed by atoms with E-state index < -0.39 is 0 Å². The van der Waals surface area contributed by atoms with E-state index in [-0.39, 0.29) is 30.3 Å². The molecule has 0 radical (unpaired) electrons. The van der Waals surface area contributed by atoms with Gasteiger partial charge in [-0.3, -0.25) is 9.59 Å². The van der Waals surface area contributed by atoms with Crippen LogP contribution in [0.15, 0.2) is 66.0 Å². The van der Waals surface area contributed by atoms with Crippen LogP contribution in [0.1, 0.15) is 53.4 Å². The summed E-state index contributed by atoms with van der Waals surface area (Å²) >= 11 is 1.57. The second kappa shape index (κ2) is 14.1. The first kappa shape index (κ1) is 27.8. The van der Waals surface area contributed by atoms with Crippen molar-refractivity contribution in [2.75, 3.05) is 26.3 Å². The number of hydrogen-bond acceptors (Lipinski definition) is 5. The van der Waals surface area contributed by atoms with E-state index in [1.807, 2.05) is 17.5 Å². The van der Waals surface area contributed by atoms with Gasteiger partial charge in [-0.15, -0.1) is 11.3 Å². The van der Waals surface area contributed by atoms with E-state index >= 15 is 0 Å². The Labute approximate surface area is 228 Å². The molecule has 4 rings (SSSR count). The van der Waals surface area contributed by atoms with Gasteiger partial charge >= 0.3 is 0 Å². The zero-order chi connectivity index (χ0) is 26.7. The third-order valence-electron chi connectivity index (χ3n) is 6.50. The van der Waals surface area contributed by atoms with Crippen molar-refractivity contribution in [3.63, 3.8) is 0 Å². The number of carbonyl (C=O) groups excluding carboxylic acids is 2. The fourth-order valence-electron chi connectivity index (χ4n) is 4.36. The third-order valence-corrected chi connectivity index (χ3v) is 7.36. The van der Waals surface area contributed by atoms with E-state index in [2.05, 4.69) is 6.92 Å². The van der Waals surface area contributed by atoms with E-state index in [0.717, 1.165) is 41.9 Å². The van der Waals surface area contributed by atoms with Gasteiger partial charge < -0.3 is 19.3 Å². The number of hydrogen-bond donors (Lipinski definition) is 0. The van der Waals surface area contributed by atoms with Crippen molar-refractivity contribution >= 4 is 23.2 Å². The van der Waals surface area contributed by atoms with Crippen LogP contribution in [-0.4, -0.2) is 54.0 Å². The molecule has 0 aliphatic carbocycles. The van der Waals surface area contributed by atoms with Gasteiger partial charge in [0.15, 0.2) is 0 Å². The van der Waals surface area contributed by atoms with Gasteiger partial charge in [0.2, 0.25) is 5.91 Å². The van der Waals surface area contributed by atoms with Crippen molar-refractivity contribution in [2.45, 2.75) is 51.8 Å². The Morgan fingerprint density at radius 3 is 2.50 bits per heavy atom. The van der Waals surface area contributed by atoms with Crippen molar-refractivity contribution in [1.29, 1.82) is 0 Å². The number of unbranched alkanes of at least 4 members (excludes halogenated alkanes) is 1. The first-order valence-corrected chi connectivity index (χ1v) is 14.1. The van der Waals surface area contributed by atoms with Crippen molar-refractivity contribution in [3.05, 3.63) is 87.9 Å². The van der Waals surface area contributed by atoms with E-state index in [1.165, 1.54) is 12.1 Å². The first-order chi connectivity index (χ1) is 18.5. The number of thiophene rings is 1. The molecule has 0 spiro atoms. The highest BCUT2D eigenvalue weighted by Gasteiger charge is 2.27. The Kier molecular flexibility index (Phi) is 10.3. The third kappa shape index (κ3) is 8.13. The number of rotatable bonds is 13. The van der Waals surface area contributed by atoms with Crippen LogP contribution in [0, 0.1) is 5.82 Å². The average molecular weight is 539 g/mol. The van der Waals surface area contributed by atoms with E-state index in [4.69, 9.17) is 9.47 Å². The Morgan fingerprint density at radius 2 is 1.84 bits per heavy atom. The molecular weight excluding hydrogens is 503 g/mol. The Morgan fingerprint density at radius 1 is 1.05 bits per heavy atom. The van der Waals surface area contributed by atoms with Crippen LogP contribution in [0.5, 0.6) is 5.75 Å². The molecule has 1 fully saturated rings. The van der Waals surface area contributed by atoms with E-state index in [0.29, 0.717) is 38.4 Å². The van der Waals surface area contributed by atoms with Gasteiger partial charge in [-0.25, -0.2) is 4.39 Å². The smallest absolute Gasteiger partial charge is 0.254 e. The second-order valence-corrected chi connectivity index (χ2v) is 10.5. The standard InChI is InChI=1S/C30H35FN2O4S/c1-2-3-16-36-26-14-10-24(11-15-26)30(35)33(20-27-6-4-17-37-27)22-29(34)32(21-28-7-5-18-38-28)19-23-8-12-25(31)13-9-23/h5,7-15,18,27H,2-4,6,16-17,19-22H2,1H3. The van der Waals surface area contributed by atoms with Crippen LogP contribution in [0.25, 0.3) is 0 Å². The minimum atomic E-state index is -0.319. The highest BCUT2D eigenvalue weighted by atomic mass is 32.1. The predicted octanol–water partition coefficient (Wildman–Crippen LogP) is 5.92. The molecule has 1 aromatic heterocycles. The van der Waals surface area contributed by atoms with Gasteiger partial charge in [0.25, 0.3) is 5.91 Å². The van der Waals surface area contributed by atoms with Gasteiger partial charge in [-0.2, -0.15) is 0 Å². The van der Waals surface area contributed by atoms with Crippen LogP contribution in [0.4, 0.5) is 4.39 Å². The largest absolute Gasteiger partial charge is 0.494 e. The topological polar surface area (TPSA) is 59.1 Å². The maximum absolute atomic E-state index is 13.7. The molecule has 6 nitrogen and oxygen atoms in total. The predicted molar refractivity (Wildman–Crippen MR) is 147 cm³/mol. The summed E-state index contributed by atoms with van der Waals surface area (Å²) in [6, 6.07) is 17.2. The molecule has 1 atom stereocenters. The minimum Gasteiger partial charge on any atom is -0.494 e. The monoisotopic (exact) mass is 538 g/mol. The summed E-state index contributed by atoms with van der Waals surface area (Å²) in [5.74, 6) is 0.0126. The maximum Gasteiger partial charge on any atom is 0.254 e. The van der Waals surface area contributed by atoms with Crippen molar-refractivity contribution < 1.29 is 23.5 Å². The molecule has 3 aromatic rings. The fourth-order valence-corrected chi connectivity index (χ4v) is 5.08. The van der Waals surface area contributed by atoms with Crippen molar-refractivity contribution in [2.24, 2.45) is 0 Å². The molecule has 38 heavy (non-hydrogen) atoms. The summed E-state index contributed by atoms with van der Waals surface area (Å²) in [6.45, 7) is 4.43. The van der Waals surface area contributed by atoms with Crippen molar-refractivity contribution in [1.82, 2.24) is 9.80 Å². The summed E-state index contributed by atoms with van der Waals surface area (Å²) in [5.41, 5.74) is 1.33. The number of nitrogens with zero attached hydrogens (tertiary/aromatic N) is 2. The number of ether oxygens (including phenoxy) is 2. The summed E-state index contributed by atoms with van der Waals surface area (Å²) in [6.07, 6.45) is 3.73. The summed E-state index contributed by atoms with van der Waals surface area (Å²) in [4.78, 5) is 31.6. The molecule has 1 aliphatic rings. The van der Waals surface area contributed by atoms with Gasteiger partial charge in [0.05, 0.1) is 19.3 Å². The van der Waals surface area contributed by atoms with Crippen LogP contribution in [0.2, 0.25) is 0 Å². The average Bonchev–Trinajstić information content (AvgIpc) is 3.64. The van der Waals surface area contributed by atoms with Gasteiger partial charge in [-0.05, 0) is 72.7 Å². The molecule has 2 amide bonds. The molecule has 1 unspecified atom stereocenters. The number of carbonyl (C=O) groups is 2. The van der Waals surface area contributed by atoms with Gasteiger partial charge in [0.1, 0.15) is 18.1 Å². The Balaban J connectivity index is 1.50. The molecule has 0 bridgehead atoms. The molecule has 202 valence electrons. The van der Waals surface area contributed by atoms with Gasteiger partial charge in [-0.1, -0.05) is 31.5 Å². The molecule has 2 aromatic carbocycles. The SMILES string of the molecule is CCCCOc1ccc(C(=O)N(CC(=O)N(Cc2ccc(F)cc2)Cc2cccs2)CC2CCCO2)cc1. The summed E-state index contributed by atoms with van der Waals surface area (Å²) in [5, 5.41) is 1.97. The zero-order valence-corrected chi connectivity index (χ0v) is 22.6. The van der Waals surface area contributed by atoms with Gasteiger partial charge in [0, 0.05) is 30.1 Å². The fraction of sp³-hybridized carbons (Fsp3) is 0.400. The molecule has 8 heteroatoms. The quantitative estimate of drug-likeness (QED) is 0.254. The highest BCUT2D eigenvalue weighted by molar-refractivity contribution is 7.09. The molecule has 0 saturated carbocycles. The number of benzene rings is 2. The Hall–Kier alpha value is -3.23. The normalized spacial score (nSPS) is 14.8. The van der Waals surface area contributed by atoms with E-state index in [9.17, 15) is 14.0 Å². The van der Waals surface area contributed by atoms with E-state index in [1.54, 1.807) is 57.5 Å². The molecule has 1 saturated heterocycles. The zero-order valence-electron chi connectivity index (χ0n) is 21.8. The molecule has 0 N–H and O–H groups in total. The second-order valence-electron chi connectivity index (χ2n) is 9.50. The highest BCUT2D eigenvalue weighted by Crippen LogP contribution is 2.20. The van der Waals surface area contributed by atoms with Crippen LogP contribution in [-0.2, 0) is 22.6 Å². The molecule has 2 heterocycles. The molecule has 1 aliphatic heterocycles.